The Morgan fingerprint density at radius 2 is 1.58 bits per heavy atom. The summed E-state index contributed by atoms with van der Waals surface area (Å²) in [6, 6.07) is 4.37. The van der Waals surface area contributed by atoms with Crippen LogP contribution in [0.1, 0.15) is 67.7 Å². The Labute approximate surface area is 157 Å². The molecule has 0 unspecified atom stereocenters. The molecule has 0 radical (unpaired) electrons. The van der Waals surface area contributed by atoms with Gasteiger partial charge >= 0.3 is 11.9 Å². The van der Waals surface area contributed by atoms with E-state index >= 15 is 0 Å². The minimum absolute atomic E-state index is 0.366. The van der Waals surface area contributed by atoms with Crippen LogP contribution < -0.4 is 0 Å². The molecule has 2 rings (SSSR count). The number of unbranched alkanes of at least 4 members (excludes halogenated alkanes) is 5. The lowest BCUT2D eigenvalue weighted by molar-refractivity contribution is -0.168. The monoisotopic (exact) mass is 360 g/mol. The maximum absolute atomic E-state index is 12.4. The molecule has 0 aromatic heterocycles. The molecule has 0 heterocycles. The number of esters is 2. The topological polar surface area (TPSA) is 52.6 Å². The maximum atomic E-state index is 12.4. The Bertz CT molecular complexity index is 632. The molecule has 1 aliphatic carbocycles. The summed E-state index contributed by atoms with van der Waals surface area (Å²) in [6.07, 6.45) is 9.42. The summed E-state index contributed by atoms with van der Waals surface area (Å²) in [5.74, 6) is -1.00. The number of benzene rings is 1. The summed E-state index contributed by atoms with van der Waals surface area (Å²) in [5, 5.41) is 0. The van der Waals surface area contributed by atoms with Gasteiger partial charge in [0.15, 0.2) is 5.41 Å². The molecular weight excluding hydrogens is 328 g/mol. The molecule has 0 fully saturated rings. The Morgan fingerprint density at radius 3 is 2.19 bits per heavy atom. The van der Waals surface area contributed by atoms with Gasteiger partial charge in [0.2, 0.25) is 0 Å². The van der Waals surface area contributed by atoms with Crippen molar-refractivity contribution in [3.05, 3.63) is 34.4 Å². The third-order valence-electron chi connectivity index (χ3n) is 5.57. The largest absolute Gasteiger partial charge is 0.468 e. The zero-order chi connectivity index (χ0) is 19.2. The molecule has 0 amide bonds. The molecule has 0 atom stereocenters. The Morgan fingerprint density at radius 1 is 0.962 bits per heavy atom. The fraction of sp³-hybridized carbons (Fsp3) is 0.636. The molecule has 0 aliphatic heterocycles. The summed E-state index contributed by atoms with van der Waals surface area (Å²) in [6.45, 7) is 4.30. The van der Waals surface area contributed by atoms with Crippen LogP contribution in [0.3, 0.4) is 0 Å². The van der Waals surface area contributed by atoms with Crippen molar-refractivity contribution in [2.24, 2.45) is 5.41 Å². The highest BCUT2D eigenvalue weighted by molar-refractivity contribution is 6.01. The lowest BCUT2D eigenvalue weighted by Gasteiger charge is -2.22. The molecule has 144 valence electrons. The fourth-order valence-electron chi connectivity index (χ4n) is 4.09. The van der Waals surface area contributed by atoms with Gasteiger partial charge in [0.25, 0.3) is 0 Å². The first-order valence-corrected chi connectivity index (χ1v) is 9.76. The van der Waals surface area contributed by atoms with Gasteiger partial charge in [-0.1, -0.05) is 51.2 Å². The highest BCUT2D eigenvalue weighted by Gasteiger charge is 2.52. The third kappa shape index (κ3) is 4.28. The van der Waals surface area contributed by atoms with Gasteiger partial charge in [-0.15, -0.1) is 0 Å². The van der Waals surface area contributed by atoms with E-state index in [0.29, 0.717) is 12.8 Å². The van der Waals surface area contributed by atoms with Crippen LogP contribution in [0, 0.1) is 12.3 Å². The first-order chi connectivity index (χ1) is 12.5. The summed E-state index contributed by atoms with van der Waals surface area (Å²) < 4.78 is 9.87. The number of carbonyl (C=O) groups excluding carboxylic acids is 2. The summed E-state index contributed by atoms with van der Waals surface area (Å²) in [4.78, 5) is 24.8. The fourth-order valence-corrected chi connectivity index (χ4v) is 4.09. The Balaban J connectivity index is 2.10. The van der Waals surface area contributed by atoms with E-state index in [4.69, 9.17) is 9.47 Å². The lowest BCUT2D eigenvalue weighted by atomic mass is 9.84. The van der Waals surface area contributed by atoms with Crippen molar-refractivity contribution in [1.29, 1.82) is 0 Å². The molecular formula is C22H32O4. The van der Waals surface area contributed by atoms with Crippen LogP contribution >= 0.6 is 0 Å². The van der Waals surface area contributed by atoms with E-state index in [2.05, 4.69) is 26.0 Å². The summed E-state index contributed by atoms with van der Waals surface area (Å²) in [5.41, 5.74) is 3.39. The van der Waals surface area contributed by atoms with Crippen molar-refractivity contribution in [1.82, 2.24) is 0 Å². The second kappa shape index (κ2) is 9.20. The number of rotatable bonds is 9. The number of fused-ring (bicyclic) bond motifs is 1. The van der Waals surface area contributed by atoms with Crippen molar-refractivity contribution in [2.45, 2.75) is 71.6 Å². The van der Waals surface area contributed by atoms with Crippen LogP contribution in [-0.2, 0) is 38.3 Å². The zero-order valence-electron chi connectivity index (χ0n) is 16.7. The van der Waals surface area contributed by atoms with E-state index in [9.17, 15) is 9.59 Å². The molecule has 0 saturated heterocycles. The number of aryl methyl sites for hydroxylation is 2. The molecule has 4 heteroatoms. The van der Waals surface area contributed by atoms with E-state index in [0.717, 1.165) is 23.1 Å². The molecule has 0 saturated carbocycles. The molecule has 0 N–H and O–H groups in total. The molecule has 0 bridgehead atoms. The van der Waals surface area contributed by atoms with Crippen LogP contribution in [-0.4, -0.2) is 26.2 Å². The van der Waals surface area contributed by atoms with Crippen molar-refractivity contribution < 1.29 is 19.1 Å². The summed E-state index contributed by atoms with van der Waals surface area (Å²) >= 11 is 0. The average Bonchev–Trinajstić information content (AvgIpc) is 3.04. The SMILES string of the molecule is CCCCCCCCc1cc(C)c2c(c1)CC(C(=O)OC)(C(=O)OC)C2. The van der Waals surface area contributed by atoms with Crippen LogP contribution in [0.15, 0.2) is 12.1 Å². The predicted molar refractivity (Wildman–Crippen MR) is 102 cm³/mol. The van der Waals surface area contributed by atoms with Crippen LogP contribution in [0.2, 0.25) is 0 Å². The van der Waals surface area contributed by atoms with Gasteiger partial charge in [-0.25, -0.2) is 0 Å². The minimum atomic E-state index is -1.23. The number of ether oxygens (including phenoxy) is 2. The molecule has 0 spiro atoms. The lowest BCUT2D eigenvalue weighted by Crippen LogP contribution is -2.42. The highest BCUT2D eigenvalue weighted by Crippen LogP contribution is 2.41. The standard InChI is InChI=1S/C22H32O4/c1-5-6-7-8-9-10-11-17-12-16(2)19-15-22(20(23)25-3,21(24)26-4)14-18(19)13-17/h12-13H,5-11,14-15H2,1-4H3. The summed E-state index contributed by atoms with van der Waals surface area (Å²) in [7, 11) is 2.65. The van der Waals surface area contributed by atoms with Crippen LogP contribution in [0.5, 0.6) is 0 Å². The normalized spacial score (nSPS) is 14.8. The second-order valence-electron chi connectivity index (χ2n) is 7.49. The number of hydrogen-bond donors (Lipinski definition) is 0. The highest BCUT2D eigenvalue weighted by atomic mass is 16.5. The van der Waals surface area contributed by atoms with Crippen LogP contribution in [0.25, 0.3) is 0 Å². The van der Waals surface area contributed by atoms with E-state index in [1.54, 1.807) is 0 Å². The van der Waals surface area contributed by atoms with Crippen molar-refractivity contribution in [3.8, 4) is 0 Å². The third-order valence-corrected chi connectivity index (χ3v) is 5.57. The van der Waals surface area contributed by atoms with Crippen molar-refractivity contribution >= 4 is 11.9 Å². The average molecular weight is 360 g/mol. The van der Waals surface area contributed by atoms with Gasteiger partial charge in [0, 0.05) is 6.42 Å². The van der Waals surface area contributed by atoms with Gasteiger partial charge in [0.1, 0.15) is 0 Å². The number of methoxy groups -OCH3 is 2. The molecule has 1 aliphatic rings. The van der Waals surface area contributed by atoms with E-state index in [1.807, 2.05) is 0 Å². The Hall–Kier alpha value is -1.84. The van der Waals surface area contributed by atoms with Crippen molar-refractivity contribution in [3.63, 3.8) is 0 Å². The molecule has 26 heavy (non-hydrogen) atoms. The van der Waals surface area contributed by atoms with E-state index in [1.165, 1.54) is 58.3 Å². The van der Waals surface area contributed by atoms with Gasteiger partial charge in [-0.05, 0) is 48.4 Å². The predicted octanol–water partition coefficient (Wildman–Crippen LogP) is 4.33. The molecule has 4 nitrogen and oxygen atoms in total. The minimum Gasteiger partial charge on any atom is -0.468 e. The second-order valence-corrected chi connectivity index (χ2v) is 7.49. The zero-order valence-corrected chi connectivity index (χ0v) is 16.7. The first kappa shape index (κ1) is 20.5. The first-order valence-electron chi connectivity index (χ1n) is 9.76. The van der Waals surface area contributed by atoms with Crippen LogP contribution in [0.4, 0.5) is 0 Å². The van der Waals surface area contributed by atoms with Crippen molar-refractivity contribution in [2.75, 3.05) is 14.2 Å². The quantitative estimate of drug-likeness (QED) is 0.374. The van der Waals surface area contributed by atoms with Gasteiger partial charge in [0.05, 0.1) is 14.2 Å². The molecule has 1 aromatic rings. The maximum Gasteiger partial charge on any atom is 0.323 e. The Kier molecular flexibility index (Phi) is 7.24. The number of carbonyl (C=O) groups is 2. The van der Waals surface area contributed by atoms with Gasteiger partial charge < -0.3 is 9.47 Å². The smallest absolute Gasteiger partial charge is 0.323 e. The van der Waals surface area contributed by atoms with E-state index < -0.39 is 17.4 Å². The molecule has 1 aromatic carbocycles. The van der Waals surface area contributed by atoms with Gasteiger partial charge in [-0.2, -0.15) is 0 Å². The van der Waals surface area contributed by atoms with E-state index in [-0.39, 0.29) is 0 Å². The van der Waals surface area contributed by atoms with Gasteiger partial charge in [-0.3, -0.25) is 9.59 Å². The number of hydrogen-bond acceptors (Lipinski definition) is 4.